The average molecular weight is 286 g/mol. The zero-order chi connectivity index (χ0) is 14.8. The first kappa shape index (κ1) is 12.6. The lowest BCUT2D eigenvalue weighted by molar-refractivity contribution is 1.27. The van der Waals surface area contributed by atoms with Crippen LogP contribution in [0.25, 0.3) is 22.3 Å². The molecule has 0 spiro atoms. The van der Waals surface area contributed by atoms with E-state index in [9.17, 15) is 0 Å². The summed E-state index contributed by atoms with van der Waals surface area (Å²) < 4.78 is 0. The van der Waals surface area contributed by atoms with E-state index in [4.69, 9.17) is 0 Å². The van der Waals surface area contributed by atoms with Crippen molar-refractivity contribution in [3.05, 3.63) is 72.9 Å². The predicted octanol–water partition coefficient (Wildman–Crippen LogP) is 4.37. The molecule has 2 aromatic heterocycles. The third-order valence-corrected chi connectivity index (χ3v) is 3.49. The Morgan fingerprint density at radius 2 is 1.64 bits per heavy atom. The van der Waals surface area contributed by atoms with Crippen molar-refractivity contribution in [2.24, 2.45) is 0 Å². The van der Waals surface area contributed by atoms with E-state index in [0.29, 0.717) is 0 Å². The van der Waals surface area contributed by atoms with E-state index in [1.54, 1.807) is 0 Å². The number of nitrogens with zero attached hydrogens (tertiary/aromatic N) is 2. The van der Waals surface area contributed by atoms with Crippen LogP contribution in [-0.4, -0.2) is 15.0 Å². The highest BCUT2D eigenvalue weighted by molar-refractivity contribution is 5.78. The number of hydrogen-bond acceptors (Lipinski definition) is 3. The first-order valence-corrected chi connectivity index (χ1v) is 7.12. The van der Waals surface area contributed by atoms with Gasteiger partial charge in [0.2, 0.25) is 5.95 Å². The molecule has 0 aliphatic carbocycles. The largest absolute Gasteiger partial charge is 0.324 e. The Morgan fingerprint density at radius 3 is 2.41 bits per heavy atom. The lowest BCUT2D eigenvalue weighted by atomic mass is 10.1. The Morgan fingerprint density at radius 1 is 0.818 bits per heavy atom. The highest BCUT2D eigenvalue weighted by atomic mass is 15.1. The molecule has 0 saturated heterocycles. The second-order valence-corrected chi connectivity index (χ2v) is 5.03. The highest BCUT2D eigenvalue weighted by Crippen LogP contribution is 2.21. The second kappa shape index (κ2) is 5.33. The summed E-state index contributed by atoms with van der Waals surface area (Å²) in [5.41, 5.74) is 4.92. The fraction of sp³-hybridized carbons (Fsp3) is 0. The van der Waals surface area contributed by atoms with Gasteiger partial charge in [-0.1, -0.05) is 42.5 Å². The Kier molecular flexibility index (Phi) is 3.05. The standard InChI is InChI=1S/C18H14N4/c1-2-6-13(7-3-1)15-11-10-14(12-19-15)20-18-21-16-8-4-5-9-17(16)22-18/h1-12H,(H2,20,21,22). The van der Waals surface area contributed by atoms with Crippen LogP contribution in [0.2, 0.25) is 0 Å². The molecule has 4 nitrogen and oxygen atoms in total. The molecule has 2 heterocycles. The van der Waals surface area contributed by atoms with Gasteiger partial charge in [0.15, 0.2) is 0 Å². The summed E-state index contributed by atoms with van der Waals surface area (Å²) in [5, 5.41) is 3.24. The number of hydrogen-bond donors (Lipinski definition) is 2. The topological polar surface area (TPSA) is 53.6 Å². The number of benzene rings is 2. The van der Waals surface area contributed by atoms with Crippen LogP contribution in [0, 0.1) is 0 Å². The maximum atomic E-state index is 4.49. The van der Waals surface area contributed by atoms with Crippen LogP contribution in [-0.2, 0) is 0 Å². The second-order valence-electron chi connectivity index (χ2n) is 5.03. The number of para-hydroxylation sites is 2. The van der Waals surface area contributed by atoms with Gasteiger partial charge in [-0.15, -0.1) is 0 Å². The number of H-pyrrole nitrogens is 1. The number of imidazole rings is 1. The lowest BCUT2D eigenvalue weighted by Crippen LogP contribution is -1.93. The van der Waals surface area contributed by atoms with Gasteiger partial charge in [-0.05, 0) is 24.3 Å². The van der Waals surface area contributed by atoms with E-state index >= 15 is 0 Å². The van der Waals surface area contributed by atoms with Gasteiger partial charge in [0.05, 0.1) is 28.6 Å². The summed E-state index contributed by atoms with van der Waals surface area (Å²) in [7, 11) is 0. The summed E-state index contributed by atoms with van der Waals surface area (Å²) >= 11 is 0. The van der Waals surface area contributed by atoms with Crippen molar-refractivity contribution in [1.82, 2.24) is 15.0 Å². The van der Waals surface area contributed by atoms with E-state index in [0.717, 1.165) is 33.9 Å². The van der Waals surface area contributed by atoms with Crippen LogP contribution in [0.1, 0.15) is 0 Å². The third-order valence-electron chi connectivity index (χ3n) is 3.49. The zero-order valence-corrected chi connectivity index (χ0v) is 11.8. The summed E-state index contributed by atoms with van der Waals surface area (Å²) in [6, 6.07) is 22.1. The van der Waals surface area contributed by atoms with E-state index in [-0.39, 0.29) is 0 Å². The van der Waals surface area contributed by atoms with Crippen LogP contribution >= 0.6 is 0 Å². The molecule has 4 heteroatoms. The molecule has 4 aromatic rings. The first-order valence-electron chi connectivity index (χ1n) is 7.12. The molecule has 0 unspecified atom stereocenters. The van der Waals surface area contributed by atoms with Gasteiger partial charge in [-0.25, -0.2) is 4.98 Å². The van der Waals surface area contributed by atoms with Crippen LogP contribution in [0.3, 0.4) is 0 Å². The minimum absolute atomic E-state index is 0.718. The predicted molar refractivity (Wildman–Crippen MR) is 89.0 cm³/mol. The smallest absolute Gasteiger partial charge is 0.205 e. The van der Waals surface area contributed by atoms with Crippen LogP contribution in [0.15, 0.2) is 72.9 Å². The first-order chi connectivity index (χ1) is 10.9. The van der Waals surface area contributed by atoms with Crippen molar-refractivity contribution in [2.45, 2.75) is 0 Å². The summed E-state index contributed by atoms with van der Waals surface area (Å²) in [5.74, 6) is 0.718. The van der Waals surface area contributed by atoms with E-state index in [1.807, 2.05) is 60.8 Å². The van der Waals surface area contributed by atoms with Crippen molar-refractivity contribution < 1.29 is 0 Å². The van der Waals surface area contributed by atoms with Crippen molar-refractivity contribution in [1.29, 1.82) is 0 Å². The molecular formula is C18H14N4. The van der Waals surface area contributed by atoms with E-state index < -0.39 is 0 Å². The molecule has 4 rings (SSSR count). The van der Waals surface area contributed by atoms with Gasteiger partial charge in [-0.3, -0.25) is 4.98 Å². The normalized spacial score (nSPS) is 10.7. The van der Waals surface area contributed by atoms with Crippen molar-refractivity contribution in [3.63, 3.8) is 0 Å². The number of aromatic nitrogens is 3. The van der Waals surface area contributed by atoms with E-state index in [1.165, 1.54) is 0 Å². The van der Waals surface area contributed by atoms with Crippen LogP contribution in [0.4, 0.5) is 11.6 Å². The fourth-order valence-corrected chi connectivity index (χ4v) is 2.40. The summed E-state index contributed by atoms with van der Waals surface area (Å²) in [4.78, 5) is 12.2. The minimum Gasteiger partial charge on any atom is -0.324 e. The number of fused-ring (bicyclic) bond motifs is 1. The number of anilines is 2. The van der Waals surface area contributed by atoms with E-state index in [2.05, 4.69) is 32.4 Å². The molecule has 0 atom stereocenters. The molecule has 0 fully saturated rings. The van der Waals surface area contributed by atoms with Gasteiger partial charge in [0, 0.05) is 5.56 Å². The highest BCUT2D eigenvalue weighted by Gasteiger charge is 2.03. The fourth-order valence-electron chi connectivity index (χ4n) is 2.40. The van der Waals surface area contributed by atoms with Gasteiger partial charge in [-0.2, -0.15) is 0 Å². The number of pyridine rings is 1. The molecule has 0 aliphatic rings. The minimum atomic E-state index is 0.718. The third kappa shape index (κ3) is 2.42. The molecule has 0 bridgehead atoms. The number of aromatic amines is 1. The van der Waals surface area contributed by atoms with Crippen molar-refractivity contribution in [3.8, 4) is 11.3 Å². The molecule has 2 N–H and O–H groups in total. The number of rotatable bonds is 3. The van der Waals surface area contributed by atoms with Gasteiger partial charge >= 0.3 is 0 Å². The SMILES string of the molecule is c1ccc(-c2ccc(Nc3nc4ccccc4[nH]3)cn2)cc1. The summed E-state index contributed by atoms with van der Waals surface area (Å²) in [6.07, 6.45) is 1.82. The van der Waals surface area contributed by atoms with Crippen molar-refractivity contribution >= 4 is 22.7 Å². The molecule has 2 aromatic carbocycles. The average Bonchev–Trinajstić information content (AvgIpc) is 2.98. The summed E-state index contributed by atoms with van der Waals surface area (Å²) in [6.45, 7) is 0. The zero-order valence-electron chi connectivity index (χ0n) is 11.8. The Balaban J connectivity index is 1.58. The monoisotopic (exact) mass is 286 g/mol. The lowest BCUT2D eigenvalue weighted by Gasteiger charge is -2.04. The molecule has 22 heavy (non-hydrogen) atoms. The number of nitrogens with one attached hydrogen (secondary N) is 2. The quantitative estimate of drug-likeness (QED) is 0.588. The van der Waals surface area contributed by atoms with Gasteiger partial charge < -0.3 is 10.3 Å². The Bertz CT molecular complexity index is 862. The molecule has 0 saturated carbocycles. The molecule has 106 valence electrons. The van der Waals surface area contributed by atoms with Crippen molar-refractivity contribution in [2.75, 3.05) is 5.32 Å². The molecule has 0 amide bonds. The molecule has 0 radical (unpaired) electrons. The van der Waals surface area contributed by atoms with Gasteiger partial charge in [0.25, 0.3) is 0 Å². The Hall–Kier alpha value is -3.14. The van der Waals surface area contributed by atoms with Gasteiger partial charge in [0.1, 0.15) is 0 Å². The molecule has 0 aliphatic heterocycles. The van der Waals surface area contributed by atoms with Crippen LogP contribution < -0.4 is 5.32 Å². The maximum absolute atomic E-state index is 4.49. The maximum Gasteiger partial charge on any atom is 0.205 e. The Labute approximate surface area is 127 Å². The molecular weight excluding hydrogens is 272 g/mol. The van der Waals surface area contributed by atoms with Crippen LogP contribution in [0.5, 0.6) is 0 Å².